The summed E-state index contributed by atoms with van der Waals surface area (Å²) in [6, 6.07) is 2.12. The second-order valence-electron chi connectivity index (χ2n) is 4.44. The van der Waals surface area contributed by atoms with Gasteiger partial charge in [-0.2, -0.15) is 0 Å². The van der Waals surface area contributed by atoms with Gasteiger partial charge in [0.05, 0.1) is 16.8 Å². The number of rotatable bonds is 3. The summed E-state index contributed by atoms with van der Waals surface area (Å²) >= 11 is 5.20. The Bertz CT molecular complexity index is 499. The molecule has 0 aliphatic carbocycles. The fourth-order valence-corrected chi connectivity index (χ4v) is 3.60. The Balaban J connectivity index is 1.73. The lowest BCUT2D eigenvalue weighted by atomic mass is 10.1. The molecule has 0 aromatic carbocycles. The Morgan fingerprint density at radius 2 is 2.47 bits per heavy atom. The summed E-state index contributed by atoms with van der Waals surface area (Å²) in [7, 11) is 0. The zero-order valence-corrected chi connectivity index (χ0v) is 11.8. The second kappa shape index (κ2) is 4.92. The van der Waals surface area contributed by atoms with E-state index in [1.807, 2.05) is 6.20 Å². The van der Waals surface area contributed by atoms with Crippen LogP contribution >= 0.6 is 27.3 Å². The molecule has 0 spiro atoms. The Kier molecular flexibility index (Phi) is 3.31. The summed E-state index contributed by atoms with van der Waals surface area (Å²) in [5, 5.41) is 5.48. The highest BCUT2D eigenvalue weighted by atomic mass is 79.9. The highest BCUT2D eigenvalue weighted by Gasteiger charge is 2.16. The molecule has 2 aromatic heterocycles. The number of nitrogens with zero attached hydrogens (tertiary/aromatic N) is 1. The first-order chi connectivity index (χ1) is 8.31. The van der Waals surface area contributed by atoms with Gasteiger partial charge in [-0.3, -0.25) is 0 Å². The third-order valence-corrected chi connectivity index (χ3v) is 4.83. The number of hydrogen-bond acceptors (Lipinski definition) is 3. The predicted molar refractivity (Wildman–Crippen MR) is 74.3 cm³/mol. The molecule has 1 unspecified atom stereocenters. The molecule has 2 aromatic rings. The van der Waals surface area contributed by atoms with Crippen LogP contribution in [0.15, 0.2) is 22.1 Å². The molecular weight excluding hydrogens is 298 g/mol. The van der Waals surface area contributed by atoms with Crippen LogP contribution in [-0.2, 0) is 6.42 Å². The van der Waals surface area contributed by atoms with E-state index in [1.165, 1.54) is 11.3 Å². The lowest BCUT2D eigenvalue weighted by Gasteiger charge is -2.04. The minimum Gasteiger partial charge on any atom is -0.341 e. The number of imidazole rings is 1. The van der Waals surface area contributed by atoms with Crippen molar-refractivity contribution in [2.45, 2.75) is 12.8 Å². The number of H-pyrrole nitrogens is 1. The van der Waals surface area contributed by atoms with Crippen molar-refractivity contribution in [1.29, 1.82) is 0 Å². The summed E-state index contributed by atoms with van der Waals surface area (Å²) in [6.07, 6.45) is 4.26. The summed E-state index contributed by atoms with van der Waals surface area (Å²) in [4.78, 5) is 9.13. The molecule has 1 aliphatic heterocycles. The van der Waals surface area contributed by atoms with E-state index in [0.29, 0.717) is 0 Å². The molecule has 0 saturated carbocycles. The van der Waals surface area contributed by atoms with Gasteiger partial charge in [0, 0.05) is 16.3 Å². The van der Waals surface area contributed by atoms with Gasteiger partial charge in [-0.1, -0.05) is 0 Å². The molecule has 1 saturated heterocycles. The average Bonchev–Trinajstić information content (AvgIpc) is 2.99. The molecular formula is C12H14BrN3S. The molecule has 3 heterocycles. The van der Waals surface area contributed by atoms with Gasteiger partial charge in [0.25, 0.3) is 0 Å². The Hall–Kier alpha value is -0.650. The fourth-order valence-electron chi connectivity index (χ4n) is 2.21. The molecule has 0 amide bonds. The number of hydrogen-bond donors (Lipinski definition) is 2. The van der Waals surface area contributed by atoms with E-state index in [-0.39, 0.29) is 0 Å². The van der Waals surface area contributed by atoms with Crippen molar-refractivity contribution < 1.29 is 0 Å². The number of halogens is 1. The standard InChI is InChI=1S/C12H14BrN3S/c13-9-4-11(17-7-9)10-6-15-12(16-10)3-8-1-2-14-5-8/h4,6-8,14H,1-3,5H2,(H,15,16). The van der Waals surface area contributed by atoms with E-state index in [1.54, 1.807) is 11.3 Å². The molecule has 0 radical (unpaired) electrons. The molecule has 0 bridgehead atoms. The van der Waals surface area contributed by atoms with Crippen LogP contribution in [0.4, 0.5) is 0 Å². The average molecular weight is 312 g/mol. The molecule has 90 valence electrons. The van der Waals surface area contributed by atoms with Crippen molar-refractivity contribution in [1.82, 2.24) is 15.3 Å². The molecule has 5 heteroatoms. The summed E-state index contributed by atoms with van der Waals surface area (Å²) in [5.74, 6) is 1.85. The van der Waals surface area contributed by atoms with Crippen molar-refractivity contribution in [3.8, 4) is 10.6 Å². The van der Waals surface area contributed by atoms with Crippen LogP contribution < -0.4 is 5.32 Å². The zero-order chi connectivity index (χ0) is 11.7. The smallest absolute Gasteiger partial charge is 0.106 e. The summed E-state index contributed by atoms with van der Waals surface area (Å²) in [5.41, 5.74) is 1.13. The Labute approximate surface area is 113 Å². The van der Waals surface area contributed by atoms with E-state index >= 15 is 0 Å². The van der Waals surface area contributed by atoms with Gasteiger partial charge in [0.2, 0.25) is 0 Å². The van der Waals surface area contributed by atoms with Crippen molar-refractivity contribution in [3.63, 3.8) is 0 Å². The lowest BCUT2D eigenvalue weighted by Crippen LogP contribution is -2.11. The SMILES string of the molecule is Brc1csc(-c2cnc(CC3CCNC3)[nH]2)c1. The zero-order valence-electron chi connectivity index (χ0n) is 9.37. The van der Waals surface area contributed by atoms with Crippen LogP contribution in [0, 0.1) is 5.92 Å². The molecule has 2 N–H and O–H groups in total. The molecule has 17 heavy (non-hydrogen) atoms. The topological polar surface area (TPSA) is 40.7 Å². The first-order valence-electron chi connectivity index (χ1n) is 5.80. The molecule has 1 atom stereocenters. The lowest BCUT2D eigenvalue weighted by molar-refractivity contribution is 0.565. The second-order valence-corrected chi connectivity index (χ2v) is 6.26. The Morgan fingerprint density at radius 1 is 1.53 bits per heavy atom. The normalized spacial score (nSPS) is 19.9. The quantitative estimate of drug-likeness (QED) is 0.914. The Morgan fingerprint density at radius 3 is 3.18 bits per heavy atom. The van der Waals surface area contributed by atoms with Crippen molar-refractivity contribution in [3.05, 3.63) is 27.9 Å². The van der Waals surface area contributed by atoms with Crippen molar-refractivity contribution >= 4 is 27.3 Å². The van der Waals surface area contributed by atoms with E-state index in [2.05, 4.69) is 42.7 Å². The van der Waals surface area contributed by atoms with E-state index in [4.69, 9.17) is 0 Å². The van der Waals surface area contributed by atoms with Crippen LogP contribution in [0.1, 0.15) is 12.2 Å². The molecule has 1 aliphatic rings. The van der Waals surface area contributed by atoms with E-state index < -0.39 is 0 Å². The van der Waals surface area contributed by atoms with Gasteiger partial charge < -0.3 is 10.3 Å². The van der Waals surface area contributed by atoms with Gasteiger partial charge in [-0.15, -0.1) is 11.3 Å². The maximum absolute atomic E-state index is 4.47. The predicted octanol–water partition coefficient (Wildman–Crippen LogP) is 3.05. The molecule has 3 nitrogen and oxygen atoms in total. The third kappa shape index (κ3) is 2.61. The first-order valence-corrected chi connectivity index (χ1v) is 7.47. The van der Waals surface area contributed by atoms with Crippen LogP contribution in [0.2, 0.25) is 0 Å². The molecule has 3 rings (SSSR count). The van der Waals surface area contributed by atoms with Gasteiger partial charge >= 0.3 is 0 Å². The van der Waals surface area contributed by atoms with Crippen LogP contribution in [0.3, 0.4) is 0 Å². The largest absolute Gasteiger partial charge is 0.341 e. The highest BCUT2D eigenvalue weighted by molar-refractivity contribution is 9.10. The van der Waals surface area contributed by atoms with Crippen LogP contribution in [0.25, 0.3) is 10.6 Å². The summed E-state index contributed by atoms with van der Waals surface area (Å²) in [6.45, 7) is 2.27. The maximum atomic E-state index is 4.47. The number of aromatic nitrogens is 2. The summed E-state index contributed by atoms with van der Waals surface area (Å²) < 4.78 is 1.13. The van der Waals surface area contributed by atoms with E-state index in [9.17, 15) is 0 Å². The van der Waals surface area contributed by atoms with Crippen molar-refractivity contribution in [2.75, 3.05) is 13.1 Å². The van der Waals surface area contributed by atoms with Gasteiger partial charge in [0.1, 0.15) is 5.82 Å². The fraction of sp³-hybridized carbons (Fsp3) is 0.417. The van der Waals surface area contributed by atoms with Gasteiger partial charge in [-0.25, -0.2) is 4.98 Å². The molecule has 1 fully saturated rings. The maximum Gasteiger partial charge on any atom is 0.106 e. The number of thiophene rings is 1. The highest BCUT2D eigenvalue weighted by Crippen LogP contribution is 2.28. The third-order valence-electron chi connectivity index (χ3n) is 3.11. The minimum absolute atomic E-state index is 0.740. The van der Waals surface area contributed by atoms with Gasteiger partial charge in [0.15, 0.2) is 0 Å². The van der Waals surface area contributed by atoms with Crippen molar-refractivity contribution in [2.24, 2.45) is 5.92 Å². The number of nitrogens with one attached hydrogen (secondary N) is 2. The van der Waals surface area contributed by atoms with E-state index in [0.717, 1.165) is 41.4 Å². The van der Waals surface area contributed by atoms with Gasteiger partial charge in [-0.05, 0) is 47.4 Å². The minimum atomic E-state index is 0.740. The van der Waals surface area contributed by atoms with Crippen LogP contribution in [-0.4, -0.2) is 23.1 Å². The van der Waals surface area contributed by atoms with Crippen LogP contribution in [0.5, 0.6) is 0 Å². The first kappa shape index (κ1) is 11.4. The number of aromatic amines is 1. The monoisotopic (exact) mass is 311 g/mol.